The van der Waals surface area contributed by atoms with Gasteiger partial charge >= 0.3 is 0 Å². The first-order chi connectivity index (χ1) is 16.3. The average molecular weight is 464 g/mol. The van der Waals surface area contributed by atoms with E-state index in [1.165, 1.54) is 6.07 Å². The van der Waals surface area contributed by atoms with Gasteiger partial charge in [-0.25, -0.2) is 14.4 Å². The number of hydrogen-bond acceptors (Lipinski definition) is 8. The third-order valence-electron chi connectivity index (χ3n) is 6.09. The number of rotatable bonds is 5. The van der Waals surface area contributed by atoms with Crippen molar-refractivity contribution in [1.29, 1.82) is 0 Å². The number of pyridine rings is 1. The van der Waals surface area contributed by atoms with Crippen molar-refractivity contribution >= 4 is 29.2 Å². The fraction of sp³-hybridized carbons (Fsp3) is 0.304. The van der Waals surface area contributed by atoms with Gasteiger partial charge in [0.1, 0.15) is 23.7 Å². The zero-order chi connectivity index (χ0) is 22.2. The second kappa shape index (κ2) is 8.51. The Morgan fingerprint density at radius 2 is 2.00 bits per heavy atom. The number of ether oxygens (including phenoxy) is 1. The summed E-state index contributed by atoms with van der Waals surface area (Å²) in [6, 6.07) is 7.23. The minimum atomic E-state index is -0.248. The van der Waals surface area contributed by atoms with Crippen LogP contribution in [0, 0.1) is 5.82 Å². The van der Waals surface area contributed by atoms with Crippen LogP contribution in [0.5, 0.6) is 5.75 Å². The van der Waals surface area contributed by atoms with Crippen molar-refractivity contribution in [3.8, 4) is 16.9 Å². The lowest BCUT2D eigenvalue weighted by atomic mass is 10.0. The first-order valence-electron chi connectivity index (χ1n) is 10.9. The van der Waals surface area contributed by atoms with E-state index >= 15 is 0 Å². The van der Waals surface area contributed by atoms with E-state index in [0.29, 0.717) is 36.7 Å². The van der Waals surface area contributed by atoms with E-state index in [4.69, 9.17) is 4.74 Å². The SMILES string of the molecule is Fc1ccc2c(c1CNc1ncc(-c3ccc(N4CCSCC4)nc3)c3nncn13)CCO2. The van der Waals surface area contributed by atoms with Gasteiger partial charge in [0.15, 0.2) is 5.65 Å². The normalized spacial score (nSPS) is 15.5. The fourth-order valence-electron chi connectivity index (χ4n) is 4.35. The molecule has 2 aliphatic rings. The Labute approximate surface area is 194 Å². The van der Waals surface area contributed by atoms with Crippen LogP contribution in [-0.2, 0) is 13.0 Å². The van der Waals surface area contributed by atoms with Crippen LogP contribution in [0.4, 0.5) is 16.2 Å². The summed E-state index contributed by atoms with van der Waals surface area (Å²) in [5, 5.41) is 11.6. The molecule has 1 aromatic carbocycles. The highest BCUT2D eigenvalue weighted by Gasteiger charge is 2.20. The van der Waals surface area contributed by atoms with Gasteiger partial charge in [0, 0.05) is 72.2 Å². The van der Waals surface area contributed by atoms with Crippen molar-refractivity contribution in [3.05, 3.63) is 59.9 Å². The molecule has 0 bridgehead atoms. The number of nitrogens with zero attached hydrogens (tertiary/aromatic N) is 6. The summed E-state index contributed by atoms with van der Waals surface area (Å²) in [5.41, 5.74) is 3.95. The van der Waals surface area contributed by atoms with Crippen LogP contribution < -0.4 is 15.0 Å². The largest absolute Gasteiger partial charge is 0.493 e. The Morgan fingerprint density at radius 1 is 1.09 bits per heavy atom. The summed E-state index contributed by atoms with van der Waals surface area (Å²) in [5.74, 6) is 4.30. The van der Waals surface area contributed by atoms with Gasteiger partial charge < -0.3 is 15.0 Å². The summed E-state index contributed by atoms with van der Waals surface area (Å²) >= 11 is 1.98. The first-order valence-corrected chi connectivity index (χ1v) is 12.1. The molecule has 4 aromatic rings. The second-order valence-electron chi connectivity index (χ2n) is 7.98. The average Bonchev–Trinajstić information content (AvgIpc) is 3.54. The molecular formula is C23H22FN7OS. The van der Waals surface area contributed by atoms with Gasteiger partial charge in [-0.1, -0.05) is 0 Å². The Balaban J connectivity index is 1.27. The minimum absolute atomic E-state index is 0.248. The standard InChI is InChI=1S/C23H22FN7OS/c24-19-2-3-20-16(5-8-32-20)18(19)13-27-23-26-12-17(22-29-28-14-31(22)23)15-1-4-21(25-11-15)30-6-9-33-10-7-30/h1-4,11-12,14H,5-10,13H2,(H,26,27). The lowest BCUT2D eigenvalue weighted by molar-refractivity contribution is 0.356. The van der Waals surface area contributed by atoms with E-state index in [0.717, 1.165) is 52.9 Å². The quantitative estimate of drug-likeness (QED) is 0.482. The smallest absolute Gasteiger partial charge is 0.210 e. The number of benzene rings is 1. The molecule has 6 rings (SSSR count). The van der Waals surface area contributed by atoms with Crippen LogP contribution in [0.25, 0.3) is 16.8 Å². The number of anilines is 2. The molecule has 2 aliphatic heterocycles. The molecule has 0 radical (unpaired) electrons. The van der Waals surface area contributed by atoms with Gasteiger partial charge in [0.2, 0.25) is 5.95 Å². The van der Waals surface area contributed by atoms with Crippen LogP contribution >= 0.6 is 11.8 Å². The zero-order valence-electron chi connectivity index (χ0n) is 17.9. The van der Waals surface area contributed by atoms with Crippen molar-refractivity contribution < 1.29 is 9.13 Å². The predicted octanol–water partition coefficient (Wildman–Crippen LogP) is 3.43. The molecule has 1 saturated heterocycles. The molecule has 1 fully saturated rings. The topological polar surface area (TPSA) is 80.5 Å². The third-order valence-corrected chi connectivity index (χ3v) is 7.03. The summed E-state index contributed by atoms with van der Waals surface area (Å²) in [6.07, 6.45) is 5.93. The van der Waals surface area contributed by atoms with Gasteiger partial charge in [0.25, 0.3) is 0 Å². The molecule has 1 N–H and O–H groups in total. The minimum Gasteiger partial charge on any atom is -0.493 e. The van der Waals surface area contributed by atoms with Gasteiger partial charge in [0.05, 0.1) is 6.61 Å². The number of nitrogens with one attached hydrogen (secondary N) is 1. The molecule has 0 unspecified atom stereocenters. The monoisotopic (exact) mass is 463 g/mol. The lowest BCUT2D eigenvalue weighted by Gasteiger charge is -2.27. The summed E-state index contributed by atoms with van der Waals surface area (Å²) in [4.78, 5) is 11.6. The molecule has 0 saturated carbocycles. The molecule has 5 heterocycles. The molecule has 3 aromatic heterocycles. The van der Waals surface area contributed by atoms with Gasteiger partial charge in [-0.2, -0.15) is 11.8 Å². The summed E-state index contributed by atoms with van der Waals surface area (Å²) < 4.78 is 21.8. The van der Waals surface area contributed by atoms with E-state index in [1.807, 2.05) is 30.1 Å². The second-order valence-corrected chi connectivity index (χ2v) is 9.20. The van der Waals surface area contributed by atoms with Crippen molar-refractivity contribution in [2.75, 3.05) is 41.4 Å². The van der Waals surface area contributed by atoms with E-state index in [-0.39, 0.29) is 5.82 Å². The highest BCUT2D eigenvalue weighted by atomic mass is 32.2. The molecule has 33 heavy (non-hydrogen) atoms. The van der Waals surface area contributed by atoms with Crippen molar-refractivity contribution in [2.24, 2.45) is 0 Å². The molecule has 0 atom stereocenters. The van der Waals surface area contributed by atoms with Crippen LogP contribution in [0.1, 0.15) is 11.1 Å². The highest BCUT2D eigenvalue weighted by Crippen LogP contribution is 2.31. The Hall–Kier alpha value is -3.40. The van der Waals surface area contributed by atoms with Crippen LogP contribution in [0.2, 0.25) is 0 Å². The maximum atomic E-state index is 14.5. The zero-order valence-corrected chi connectivity index (χ0v) is 18.7. The van der Waals surface area contributed by atoms with Crippen LogP contribution in [-0.4, -0.2) is 55.8 Å². The van der Waals surface area contributed by atoms with Crippen LogP contribution in [0.15, 0.2) is 43.0 Å². The molecule has 10 heteroatoms. The van der Waals surface area contributed by atoms with Crippen molar-refractivity contribution in [2.45, 2.75) is 13.0 Å². The number of hydrogen-bond donors (Lipinski definition) is 1. The number of aromatic nitrogens is 5. The number of halogens is 1. The molecule has 168 valence electrons. The maximum absolute atomic E-state index is 14.5. The molecule has 8 nitrogen and oxygen atoms in total. The van der Waals surface area contributed by atoms with Crippen LogP contribution in [0.3, 0.4) is 0 Å². The summed E-state index contributed by atoms with van der Waals surface area (Å²) in [6.45, 7) is 2.91. The van der Waals surface area contributed by atoms with E-state index in [1.54, 1.807) is 23.0 Å². The first kappa shape index (κ1) is 20.2. The Morgan fingerprint density at radius 3 is 2.85 bits per heavy atom. The van der Waals surface area contributed by atoms with E-state index in [9.17, 15) is 4.39 Å². The lowest BCUT2D eigenvalue weighted by Crippen LogP contribution is -2.32. The van der Waals surface area contributed by atoms with Gasteiger partial charge in [-0.15, -0.1) is 10.2 Å². The van der Waals surface area contributed by atoms with Gasteiger partial charge in [-0.05, 0) is 24.3 Å². The molecule has 0 aliphatic carbocycles. The predicted molar refractivity (Wildman–Crippen MR) is 126 cm³/mol. The fourth-order valence-corrected chi connectivity index (χ4v) is 5.26. The van der Waals surface area contributed by atoms with E-state index in [2.05, 4.69) is 30.4 Å². The van der Waals surface area contributed by atoms with Gasteiger partial charge in [-0.3, -0.25) is 4.40 Å². The molecular weight excluding hydrogens is 441 g/mol. The van der Waals surface area contributed by atoms with E-state index < -0.39 is 0 Å². The molecule has 0 spiro atoms. The maximum Gasteiger partial charge on any atom is 0.210 e. The molecule has 0 amide bonds. The number of thioether (sulfide) groups is 1. The Bertz CT molecular complexity index is 1300. The van der Waals surface area contributed by atoms with Crippen molar-refractivity contribution in [1.82, 2.24) is 24.6 Å². The van der Waals surface area contributed by atoms with Crippen molar-refractivity contribution in [3.63, 3.8) is 0 Å². The third kappa shape index (κ3) is 3.74. The Kier molecular flexibility index (Phi) is 5.21. The summed E-state index contributed by atoms with van der Waals surface area (Å²) in [7, 11) is 0. The number of fused-ring (bicyclic) bond motifs is 2. The highest BCUT2D eigenvalue weighted by molar-refractivity contribution is 7.99.